The second-order valence-corrected chi connectivity index (χ2v) is 4.96. The quantitative estimate of drug-likeness (QED) is 0.710. The summed E-state index contributed by atoms with van der Waals surface area (Å²) in [4.78, 5) is 11.8. The van der Waals surface area contributed by atoms with E-state index in [0.717, 1.165) is 18.4 Å². The van der Waals surface area contributed by atoms with Gasteiger partial charge >= 0.3 is 6.03 Å². The Kier molecular flexibility index (Phi) is 4.44. The van der Waals surface area contributed by atoms with Crippen LogP contribution in [0.3, 0.4) is 0 Å². The first-order chi connectivity index (χ1) is 9.15. The van der Waals surface area contributed by atoms with Gasteiger partial charge in [-0.3, -0.25) is 0 Å². The molecule has 0 saturated heterocycles. The lowest BCUT2D eigenvalue weighted by molar-refractivity contribution is 0.255. The fraction of sp³-hybridized carbons (Fsp3) is 0.400. The van der Waals surface area contributed by atoms with E-state index in [1.54, 1.807) is 18.2 Å². The number of nitrogens with one attached hydrogen (secondary N) is 2. The number of carbonyl (C=O) groups is 1. The number of anilines is 1. The molecular formula is C15H20N2O2. The third kappa shape index (κ3) is 4.02. The molecule has 1 aliphatic carbocycles. The van der Waals surface area contributed by atoms with E-state index in [1.807, 2.05) is 13.1 Å². The monoisotopic (exact) mass is 260 g/mol. The van der Waals surface area contributed by atoms with Gasteiger partial charge in [-0.05, 0) is 56.4 Å². The fourth-order valence-electron chi connectivity index (χ4n) is 2.26. The number of hydrogen-bond acceptors (Lipinski definition) is 2. The van der Waals surface area contributed by atoms with Crippen LogP contribution in [0, 0.1) is 6.92 Å². The van der Waals surface area contributed by atoms with E-state index >= 15 is 0 Å². The van der Waals surface area contributed by atoms with Crippen molar-refractivity contribution in [2.45, 2.75) is 39.0 Å². The molecule has 0 spiro atoms. The first-order valence-corrected chi connectivity index (χ1v) is 6.70. The highest BCUT2D eigenvalue weighted by molar-refractivity contribution is 5.90. The van der Waals surface area contributed by atoms with E-state index in [4.69, 9.17) is 0 Å². The number of benzene rings is 1. The first kappa shape index (κ1) is 13.5. The molecule has 0 unspecified atom stereocenters. The number of phenolic OH excluding ortho intramolecular Hbond substituents is 1. The Hall–Kier alpha value is -1.97. The normalized spacial score (nSPS) is 14.9. The Morgan fingerprint density at radius 1 is 1.26 bits per heavy atom. The molecule has 0 aromatic heterocycles. The first-order valence-electron chi connectivity index (χ1n) is 6.70. The number of amides is 2. The molecule has 0 radical (unpaired) electrons. The molecule has 0 bridgehead atoms. The number of carbonyl (C=O) groups excluding carboxylic acids is 1. The Morgan fingerprint density at radius 2 is 2.00 bits per heavy atom. The molecule has 1 aliphatic rings. The van der Waals surface area contributed by atoms with Gasteiger partial charge in [-0.15, -0.1) is 0 Å². The Bertz CT molecular complexity index is 487. The third-order valence-electron chi connectivity index (χ3n) is 3.36. The zero-order chi connectivity index (χ0) is 13.7. The predicted octanol–water partition coefficient (Wildman–Crippen LogP) is 3.67. The van der Waals surface area contributed by atoms with Crippen LogP contribution in [0.5, 0.6) is 5.75 Å². The van der Waals surface area contributed by atoms with E-state index in [1.165, 1.54) is 24.8 Å². The van der Waals surface area contributed by atoms with Gasteiger partial charge in [0.15, 0.2) is 0 Å². The minimum absolute atomic E-state index is 0.202. The van der Waals surface area contributed by atoms with Gasteiger partial charge in [0, 0.05) is 11.9 Å². The lowest BCUT2D eigenvalue weighted by Gasteiger charge is -2.14. The minimum Gasteiger partial charge on any atom is -0.508 e. The maximum atomic E-state index is 11.8. The van der Waals surface area contributed by atoms with Crippen LogP contribution >= 0.6 is 0 Å². The van der Waals surface area contributed by atoms with Gasteiger partial charge in [-0.25, -0.2) is 4.79 Å². The minimum atomic E-state index is -0.244. The SMILES string of the molecule is Cc1cc(O)ccc1NC(=O)NC=C1CCCCC1. The van der Waals surface area contributed by atoms with Gasteiger partial charge in [0.25, 0.3) is 0 Å². The topological polar surface area (TPSA) is 61.4 Å². The summed E-state index contributed by atoms with van der Waals surface area (Å²) < 4.78 is 0. The predicted molar refractivity (Wildman–Crippen MR) is 76.2 cm³/mol. The van der Waals surface area contributed by atoms with Crippen LogP contribution in [-0.2, 0) is 0 Å². The summed E-state index contributed by atoms with van der Waals surface area (Å²) in [5.41, 5.74) is 2.85. The second-order valence-electron chi connectivity index (χ2n) is 4.96. The highest BCUT2D eigenvalue weighted by Crippen LogP contribution is 2.22. The van der Waals surface area contributed by atoms with E-state index in [0.29, 0.717) is 5.69 Å². The maximum Gasteiger partial charge on any atom is 0.323 e. The summed E-state index contributed by atoms with van der Waals surface area (Å²) in [6.45, 7) is 1.84. The molecule has 3 N–H and O–H groups in total. The van der Waals surface area contributed by atoms with Crippen LogP contribution in [-0.4, -0.2) is 11.1 Å². The van der Waals surface area contributed by atoms with Crippen LogP contribution in [0.4, 0.5) is 10.5 Å². The number of aryl methyl sites for hydroxylation is 1. The zero-order valence-corrected chi connectivity index (χ0v) is 11.2. The van der Waals surface area contributed by atoms with Crippen molar-refractivity contribution in [3.63, 3.8) is 0 Å². The molecule has 2 amide bonds. The van der Waals surface area contributed by atoms with Crippen molar-refractivity contribution in [1.29, 1.82) is 0 Å². The number of hydrogen-bond donors (Lipinski definition) is 3. The van der Waals surface area contributed by atoms with Crippen LogP contribution in [0.1, 0.15) is 37.7 Å². The van der Waals surface area contributed by atoms with Gasteiger partial charge in [-0.1, -0.05) is 12.0 Å². The lowest BCUT2D eigenvalue weighted by Crippen LogP contribution is -2.25. The van der Waals surface area contributed by atoms with Crippen molar-refractivity contribution in [2.24, 2.45) is 0 Å². The Balaban J connectivity index is 1.90. The van der Waals surface area contributed by atoms with Gasteiger partial charge in [0.1, 0.15) is 5.75 Å². The van der Waals surface area contributed by atoms with Gasteiger partial charge < -0.3 is 15.7 Å². The van der Waals surface area contributed by atoms with Crippen molar-refractivity contribution in [3.05, 3.63) is 35.5 Å². The van der Waals surface area contributed by atoms with Crippen molar-refractivity contribution in [2.75, 3.05) is 5.32 Å². The van der Waals surface area contributed by atoms with Crippen LogP contribution in [0.15, 0.2) is 30.0 Å². The molecule has 4 heteroatoms. The molecule has 19 heavy (non-hydrogen) atoms. The van der Waals surface area contributed by atoms with E-state index in [2.05, 4.69) is 10.6 Å². The van der Waals surface area contributed by atoms with Crippen molar-refractivity contribution in [1.82, 2.24) is 5.32 Å². The van der Waals surface area contributed by atoms with E-state index in [-0.39, 0.29) is 11.8 Å². The number of phenols is 1. The summed E-state index contributed by atoms with van der Waals surface area (Å²) in [5, 5.41) is 14.8. The molecule has 2 rings (SSSR count). The van der Waals surface area contributed by atoms with Crippen molar-refractivity contribution >= 4 is 11.7 Å². The highest BCUT2D eigenvalue weighted by Gasteiger charge is 2.07. The summed E-state index contributed by atoms with van der Waals surface area (Å²) in [5.74, 6) is 0.202. The largest absolute Gasteiger partial charge is 0.508 e. The third-order valence-corrected chi connectivity index (χ3v) is 3.36. The summed E-state index contributed by atoms with van der Waals surface area (Å²) >= 11 is 0. The average molecular weight is 260 g/mol. The van der Waals surface area contributed by atoms with E-state index in [9.17, 15) is 9.90 Å². The molecule has 1 aromatic rings. The molecule has 0 atom stereocenters. The van der Waals surface area contributed by atoms with Crippen LogP contribution in [0.2, 0.25) is 0 Å². The van der Waals surface area contributed by atoms with Crippen molar-refractivity contribution < 1.29 is 9.90 Å². The number of aromatic hydroxyl groups is 1. The molecule has 1 aromatic carbocycles. The van der Waals surface area contributed by atoms with Crippen molar-refractivity contribution in [3.8, 4) is 5.75 Å². The average Bonchev–Trinajstić information content (AvgIpc) is 2.41. The standard InChI is InChI=1S/C15H20N2O2/c1-11-9-13(18)7-8-14(11)17-15(19)16-10-12-5-3-2-4-6-12/h7-10,18H,2-6H2,1H3,(H2,16,17,19). The van der Waals surface area contributed by atoms with Gasteiger partial charge in [0.05, 0.1) is 0 Å². The molecule has 4 nitrogen and oxygen atoms in total. The van der Waals surface area contributed by atoms with E-state index < -0.39 is 0 Å². The van der Waals surface area contributed by atoms with Crippen LogP contribution in [0.25, 0.3) is 0 Å². The van der Waals surface area contributed by atoms with Crippen LogP contribution < -0.4 is 10.6 Å². The zero-order valence-electron chi connectivity index (χ0n) is 11.2. The second kappa shape index (κ2) is 6.27. The number of urea groups is 1. The Labute approximate surface area is 113 Å². The summed E-state index contributed by atoms with van der Waals surface area (Å²) in [6.07, 6.45) is 7.70. The summed E-state index contributed by atoms with van der Waals surface area (Å²) in [6, 6.07) is 4.63. The van der Waals surface area contributed by atoms with Gasteiger partial charge in [0.2, 0.25) is 0 Å². The Morgan fingerprint density at radius 3 is 2.68 bits per heavy atom. The van der Waals surface area contributed by atoms with Gasteiger partial charge in [-0.2, -0.15) is 0 Å². The molecule has 1 saturated carbocycles. The molecule has 0 heterocycles. The maximum absolute atomic E-state index is 11.8. The smallest absolute Gasteiger partial charge is 0.323 e. The lowest BCUT2D eigenvalue weighted by atomic mass is 9.96. The molecule has 1 fully saturated rings. The fourth-order valence-corrected chi connectivity index (χ4v) is 2.26. The number of rotatable bonds is 2. The molecule has 0 aliphatic heterocycles. The summed E-state index contributed by atoms with van der Waals surface area (Å²) in [7, 11) is 0. The number of allylic oxidation sites excluding steroid dienone is 1. The highest BCUT2D eigenvalue weighted by atomic mass is 16.3. The molecular weight excluding hydrogens is 240 g/mol. The molecule has 102 valence electrons.